The van der Waals surface area contributed by atoms with E-state index in [4.69, 9.17) is 0 Å². The Kier molecular flexibility index (Phi) is 1.36. The zero-order chi connectivity index (χ0) is 6.81. The minimum absolute atomic E-state index is 0.374. The third-order valence-corrected chi connectivity index (χ3v) is 1.99. The van der Waals surface area contributed by atoms with Crippen molar-refractivity contribution in [2.24, 2.45) is 0 Å². The molecule has 50 valence electrons. The number of hydrogen-bond donors (Lipinski definition) is 0. The lowest BCUT2D eigenvalue weighted by Crippen LogP contribution is -1.87. The van der Waals surface area contributed by atoms with Gasteiger partial charge in [-0.25, -0.2) is 0 Å². The number of allylic oxidation sites excluding steroid dienone is 4. The summed E-state index contributed by atoms with van der Waals surface area (Å²) in [4.78, 5) is 0. The van der Waals surface area contributed by atoms with E-state index in [0.29, 0.717) is 5.92 Å². The van der Waals surface area contributed by atoms with Gasteiger partial charge in [0.15, 0.2) is 0 Å². The highest BCUT2D eigenvalue weighted by atomic mass is 32.1. The van der Waals surface area contributed by atoms with Crippen LogP contribution in [0.3, 0.4) is 0 Å². The SMILES string of the molecule is C1=CC(c2csnn2)C=C1. The molecule has 0 radical (unpaired) electrons. The van der Waals surface area contributed by atoms with E-state index in [9.17, 15) is 0 Å². The summed E-state index contributed by atoms with van der Waals surface area (Å²) in [5.74, 6) is 0.374. The molecular weight excluding hydrogens is 144 g/mol. The van der Waals surface area contributed by atoms with Gasteiger partial charge in [-0.2, -0.15) is 0 Å². The summed E-state index contributed by atoms with van der Waals surface area (Å²) in [5, 5.41) is 5.94. The highest BCUT2D eigenvalue weighted by molar-refractivity contribution is 7.03. The topological polar surface area (TPSA) is 25.8 Å². The van der Waals surface area contributed by atoms with Gasteiger partial charge in [0.05, 0.1) is 5.69 Å². The summed E-state index contributed by atoms with van der Waals surface area (Å²) in [7, 11) is 0. The summed E-state index contributed by atoms with van der Waals surface area (Å²) in [5.41, 5.74) is 1.05. The second-order valence-electron chi connectivity index (χ2n) is 2.13. The normalized spacial score (nSPS) is 16.8. The summed E-state index contributed by atoms with van der Waals surface area (Å²) >= 11 is 1.40. The first-order valence-electron chi connectivity index (χ1n) is 3.09. The van der Waals surface area contributed by atoms with Crippen LogP contribution >= 0.6 is 11.5 Å². The first-order chi connectivity index (χ1) is 4.97. The van der Waals surface area contributed by atoms with Crippen LogP contribution in [0.25, 0.3) is 0 Å². The van der Waals surface area contributed by atoms with Crippen LogP contribution in [0.5, 0.6) is 0 Å². The van der Waals surface area contributed by atoms with Crippen molar-refractivity contribution >= 4 is 11.5 Å². The molecule has 0 saturated carbocycles. The predicted molar refractivity (Wildman–Crippen MR) is 40.9 cm³/mol. The summed E-state index contributed by atoms with van der Waals surface area (Å²) < 4.78 is 3.79. The number of hydrogen-bond acceptors (Lipinski definition) is 3. The molecule has 0 saturated heterocycles. The van der Waals surface area contributed by atoms with Crippen molar-refractivity contribution in [1.29, 1.82) is 0 Å². The molecular formula is C7H6N2S. The van der Waals surface area contributed by atoms with Gasteiger partial charge in [0, 0.05) is 11.3 Å². The number of aromatic nitrogens is 2. The fraction of sp³-hybridized carbons (Fsp3) is 0.143. The van der Waals surface area contributed by atoms with Crippen molar-refractivity contribution in [2.45, 2.75) is 5.92 Å². The smallest absolute Gasteiger partial charge is 0.0862 e. The molecule has 1 aliphatic rings. The zero-order valence-electron chi connectivity index (χ0n) is 5.27. The maximum absolute atomic E-state index is 3.96. The van der Waals surface area contributed by atoms with Gasteiger partial charge in [0.25, 0.3) is 0 Å². The second-order valence-corrected chi connectivity index (χ2v) is 2.74. The largest absolute Gasteiger partial charge is 0.142 e. The van der Waals surface area contributed by atoms with Gasteiger partial charge in [-0.1, -0.05) is 28.8 Å². The maximum Gasteiger partial charge on any atom is 0.0862 e. The van der Waals surface area contributed by atoms with Crippen molar-refractivity contribution in [3.05, 3.63) is 35.4 Å². The van der Waals surface area contributed by atoms with Crippen molar-refractivity contribution in [3.8, 4) is 0 Å². The van der Waals surface area contributed by atoms with Crippen LogP contribution in [0.1, 0.15) is 11.6 Å². The molecule has 0 aromatic carbocycles. The Balaban J connectivity index is 2.29. The lowest BCUT2D eigenvalue weighted by atomic mass is 10.1. The van der Waals surface area contributed by atoms with Gasteiger partial charge in [-0.15, -0.1) is 5.10 Å². The van der Waals surface area contributed by atoms with Crippen LogP contribution in [0.2, 0.25) is 0 Å². The fourth-order valence-corrected chi connectivity index (χ4v) is 1.45. The third kappa shape index (κ3) is 0.885. The Morgan fingerprint density at radius 1 is 1.30 bits per heavy atom. The molecule has 1 aromatic rings. The van der Waals surface area contributed by atoms with Gasteiger partial charge in [0.2, 0.25) is 0 Å². The molecule has 3 heteroatoms. The van der Waals surface area contributed by atoms with E-state index in [1.807, 2.05) is 17.5 Å². The van der Waals surface area contributed by atoms with Gasteiger partial charge >= 0.3 is 0 Å². The van der Waals surface area contributed by atoms with Crippen LogP contribution in [0.15, 0.2) is 29.7 Å². The van der Waals surface area contributed by atoms with E-state index in [1.165, 1.54) is 11.5 Å². The van der Waals surface area contributed by atoms with E-state index in [1.54, 1.807) is 0 Å². The molecule has 1 aromatic heterocycles. The van der Waals surface area contributed by atoms with Crippen molar-refractivity contribution in [2.75, 3.05) is 0 Å². The van der Waals surface area contributed by atoms with E-state index in [2.05, 4.69) is 21.7 Å². The standard InChI is InChI=1S/C7H6N2S/c1-2-4-6(3-1)7-5-10-9-8-7/h1-6H. The highest BCUT2D eigenvalue weighted by Gasteiger charge is 2.08. The molecule has 0 N–H and O–H groups in total. The first-order valence-corrected chi connectivity index (χ1v) is 3.92. The fourth-order valence-electron chi connectivity index (χ4n) is 0.946. The number of nitrogens with zero attached hydrogens (tertiary/aromatic N) is 2. The second kappa shape index (κ2) is 2.34. The van der Waals surface area contributed by atoms with Crippen molar-refractivity contribution in [1.82, 2.24) is 9.59 Å². The molecule has 0 bridgehead atoms. The molecule has 2 nitrogen and oxygen atoms in total. The van der Waals surface area contributed by atoms with Gasteiger partial charge in [-0.3, -0.25) is 0 Å². The monoisotopic (exact) mass is 150 g/mol. The van der Waals surface area contributed by atoms with Gasteiger partial charge < -0.3 is 0 Å². The molecule has 1 heterocycles. The molecule has 0 aliphatic heterocycles. The summed E-state index contributed by atoms with van der Waals surface area (Å²) in [6.45, 7) is 0. The Labute approximate surface area is 63.1 Å². The van der Waals surface area contributed by atoms with Crippen LogP contribution < -0.4 is 0 Å². The zero-order valence-corrected chi connectivity index (χ0v) is 6.08. The Morgan fingerprint density at radius 2 is 2.10 bits per heavy atom. The Morgan fingerprint density at radius 3 is 2.70 bits per heavy atom. The molecule has 10 heavy (non-hydrogen) atoms. The quantitative estimate of drug-likeness (QED) is 0.609. The summed E-state index contributed by atoms with van der Waals surface area (Å²) in [6, 6.07) is 0. The average molecular weight is 150 g/mol. The lowest BCUT2D eigenvalue weighted by Gasteiger charge is -1.95. The minimum Gasteiger partial charge on any atom is -0.142 e. The molecule has 0 unspecified atom stereocenters. The van der Waals surface area contributed by atoms with Crippen molar-refractivity contribution < 1.29 is 0 Å². The molecule has 0 atom stereocenters. The molecule has 0 fully saturated rings. The van der Waals surface area contributed by atoms with Gasteiger partial charge in [0.1, 0.15) is 0 Å². The first kappa shape index (κ1) is 5.80. The minimum atomic E-state index is 0.374. The van der Waals surface area contributed by atoms with E-state index < -0.39 is 0 Å². The number of rotatable bonds is 1. The summed E-state index contributed by atoms with van der Waals surface area (Å²) in [6.07, 6.45) is 8.28. The lowest BCUT2D eigenvalue weighted by molar-refractivity contribution is 0.968. The van der Waals surface area contributed by atoms with Crippen molar-refractivity contribution in [3.63, 3.8) is 0 Å². The van der Waals surface area contributed by atoms with E-state index in [0.717, 1.165) is 5.69 Å². The van der Waals surface area contributed by atoms with Crippen LogP contribution in [-0.4, -0.2) is 9.59 Å². The average Bonchev–Trinajstić information content (AvgIpc) is 2.59. The predicted octanol–water partition coefficient (Wildman–Crippen LogP) is 1.75. The van der Waals surface area contributed by atoms with Crippen LogP contribution in [0, 0.1) is 0 Å². The Hall–Kier alpha value is -0.960. The molecule has 0 amide bonds. The third-order valence-electron chi connectivity index (χ3n) is 1.47. The highest BCUT2D eigenvalue weighted by Crippen LogP contribution is 2.20. The molecule has 2 rings (SSSR count). The molecule has 1 aliphatic carbocycles. The Bertz CT molecular complexity index is 249. The van der Waals surface area contributed by atoms with E-state index in [-0.39, 0.29) is 0 Å². The van der Waals surface area contributed by atoms with Gasteiger partial charge in [-0.05, 0) is 11.5 Å². The molecule has 0 spiro atoms. The van der Waals surface area contributed by atoms with E-state index >= 15 is 0 Å². The van der Waals surface area contributed by atoms with Crippen LogP contribution in [0.4, 0.5) is 0 Å². The maximum atomic E-state index is 3.96. The van der Waals surface area contributed by atoms with Crippen LogP contribution in [-0.2, 0) is 0 Å².